The summed E-state index contributed by atoms with van der Waals surface area (Å²) in [7, 11) is 0. The predicted octanol–water partition coefficient (Wildman–Crippen LogP) is 0.0136. The molecule has 0 aliphatic carbocycles. The summed E-state index contributed by atoms with van der Waals surface area (Å²) in [5.74, 6) is 0. The third-order valence-corrected chi connectivity index (χ3v) is 0. The fourth-order valence-corrected chi connectivity index (χ4v) is 0. The van der Waals surface area contributed by atoms with Gasteiger partial charge >= 0.3 is 27.3 Å². The van der Waals surface area contributed by atoms with E-state index >= 15 is 0 Å². The number of hydrogen-bond donors (Lipinski definition) is 0. The van der Waals surface area contributed by atoms with Gasteiger partial charge in [0.05, 0.1) is 23.7 Å². The van der Waals surface area contributed by atoms with Crippen molar-refractivity contribution < 1.29 is 3.84 Å². The number of hydrogen-bond acceptors (Lipinski definition) is 1. The summed E-state index contributed by atoms with van der Waals surface area (Å²) < 4.78 is 3.19. The van der Waals surface area contributed by atoms with E-state index in [4.69, 9.17) is 0 Å². The molecule has 0 saturated carbocycles. The number of halogens is 2. The molecule has 0 saturated heterocycles. The SMILES string of the molecule is ClOCl.[B].[PbH2]. The molecule has 0 fully saturated rings. The van der Waals surface area contributed by atoms with Crippen LogP contribution in [0.5, 0.6) is 0 Å². The van der Waals surface area contributed by atoms with Gasteiger partial charge in [0.1, 0.15) is 0 Å². The van der Waals surface area contributed by atoms with Crippen LogP contribution in [-0.2, 0) is 3.84 Å². The van der Waals surface area contributed by atoms with Crippen molar-refractivity contribution in [3.63, 3.8) is 0 Å². The van der Waals surface area contributed by atoms with Crippen LogP contribution in [0.2, 0.25) is 0 Å². The third-order valence-electron chi connectivity index (χ3n) is 0. The number of rotatable bonds is 0. The van der Waals surface area contributed by atoms with Crippen LogP contribution in [0, 0.1) is 0 Å². The van der Waals surface area contributed by atoms with Crippen LogP contribution in [0.4, 0.5) is 0 Å². The van der Waals surface area contributed by atoms with Crippen LogP contribution in [0.1, 0.15) is 0 Å². The van der Waals surface area contributed by atoms with Crippen LogP contribution < -0.4 is 0 Å². The van der Waals surface area contributed by atoms with E-state index in [1.165, 1.54) is 0 Å². The van der Waals surface area contributed by atoms with Crippen molar-refractivity contribution in [2.24, 2.45) is 0 Å². The normalized spacial score (nSPS) is 3.60. The standard InChI is InChI=1S/B.Cl2O.Pb.2H/c;1-3-2;;;. The van der Waals surface area contributed by atoms with Gasteiger partial charge in [-0.3, -0.25) is 0 Å². The van der Waals surface area contributed by atoms with E-state index in [0.29, 0.717) is 0 Å². The molecular formula is H2BCl2OPb. The van der Waals surface area contributed by atoms with Gasteiger partial charge in [-0.1, -0.05) is 0 Å². The molecule has 0 aliphatic rings. The molecule has 0 aromatic heterocycles. The fourth-order valence-electron chi connectivity index (χ4n) is 0. The second kappa shape index (κ2) is 17.7. The summed E-state index contributed by atoms with van der Waals surface area (Å²) in [6.07, 6.45) is 0. The van der Waals surface area contributed by atoms with Crippen LogP contribution in [-0.4, -0.2) is 35.7 Å². The maximum absolute atomic E-state index is 4.26. The Morgan fingerprint density at radius 2 is 1.20 bits per heavy atom. The first-order valence-electron chi connectivity index (χ1n) is 0.309. The van der Waals surface area contributed by atoms with E-state index < -0.39 is 0 Å². The molecule has 0 spiro atoms. The van der Waals surface area contributed by atoms with Gasteiger partial charge in [-0.15, -0.1) is 0 Å². The summed E-state index contributed by atoms with van der Waals surface area (Å²) in [6.45, 7) is 0. The van der Waals surface area contributed by atoms with Crippen molar-refractivity contribution in [2.45, 2.75) is 0 Å². The minimum absolute atomic E-state index is 0. The second-order valence-corrected chi connectivity index (χ2v) is 0.525. The van der Waals surface area contributed by atoms with E-state index in [-0.39, 0.29) is 35.7 Å². The van der Waals surface area contributed by atoms with Crippen molar-refractivity contribution in [3.05, 3.63) is 0 Å². The van der Waals surface area contributed by atoms with Gasteiger partial charge < -0.3 is 0 Å². The molecule has 29 valence electrons. The van der Waals surface area contributed by atoms with E-state index in [2.05, 4.69) is 27.6 Å². The van der Waals surface area contributed by atoms with Gasteiger partial charge in [0.15, 0.2) is 0 Å². The summed E-state index contributed by atoms with van der Waals surface area (Å²) >= 11 is 8.53. The zero-order valence-electron chi connectivity index (χ0n) is 2.45. The fraction of sp³-hybridized carbons (Fsp3) is 0. The molecule has 5 heavy (non-hydrogen) atoms. The van der Waals surface area contributed by atoms with Gasteiger partial charge in [0.2, 0.25) is 0 Å². The van der Waals surface area contributed by atoms with Crippen molar-refractivity contribution in [3.8, 4) is 0 Å². The third kappa shape index (κ3) is 29.5. The summed E-state index contributed by atoms with van der Waals surface area (Å²) in [4.78, 5) is 0. The first kappa shape index (κ1) is 16.0. The maximum atomic E-state index is 4.26. The van der Waals surface area contributed by atoms with Gasteiger partial charge in [-0.05, 0) is 0 Å². The van der Waals surface area contributed by atoms with E-state index in [9.17, 15) is 0 Å². The molecule has 0 aromatic carbocycles. The van der Waals surface area contributed by atoms with Crippen LogP contribution in [0.25, 0.3) is 0 Å². The topological polar surface area (TPSA) is 9.23 Å². The zero-order valence-corrected chi connectivity index (χ0v) is 9.46. The Balaban J connectivity index is -0.0000000200. The summed E-state index contributed by atoms with van der Waals surface area (Å²) in [5, 5.41) is 0. The van der Waals surface area contributed by atoms with Gasteiger partial charge in [0, 0.05) is 8.41 Å². The Labute approximate surface area is 63.0 Å². The Bertz CT molecular complexity index is 9.61. The molecular weight excluding hydrogens is 305 g/mol. The summed E-state index contributed by atoms with van der Waals surface area (Å²) in [6, 6.07) is 0. The van der Waals surface area contributed by atoms with Crippen LogP contribution in [0.15, 0.2) is 0 Å². The van der Waals surface area contributed by atoms with Crippen molar-refractivity contribution >= 4 is 59.4 Å². The Kier molecular flexibility index (Phi) is 56.9. The van der Waals surface area contributed by atoms with Gasteiger partial charge in [0.25, 0.3) is 0 Å². The van der Waals surface area contributed by atoms with Crippen LogP contribution >= 0.6 is 23.7 Å². The minimum atomic E-state index is 0. The van der Waals surface area contributed by atoms with Gasteiger partial charge in [-0.25, -0.2) is 0 Å². The molecule has 0 aromatic rings. The summed E-state index contributed by atoms with van der Waals surface area (Å²) in [5.41, 5.74) is 0. The van der Waals surface area contributed by atoms with Crippen molar-refractivity contribution in [2.75, 3.05) is 0 Å². The monoisotopic (exact) mass is 307 g/mol. The molecule has 5 heteroatoms. The van der Waals surface area contributed by atoms with Crippen molar-refractivity contribution in [1.82, 2.24) is 0 Å². The molecule has 0 N–H and O–H groups in total. The zero-order chi connectivity index (χ0) is 2.71. The van der Waals surface area contributed by atoms with Crippen LogP contribution in [0.3, 0.4) is 0 Å². The first-order valence-corrected chi connectivity index (χ1v) is 0.926. The molecule has 0 atom stereocenters. The molecule has 0 bridgehead atoms. The molecule has 1 nitrogen and oxygen atoms in total. The quantitative estimate of drug-likeness (QED) is 0.573. The average molecular weight is 307 g/mol. The molecule has 0 unspecified atom stereocenters. The molecule has 0 amide bonds. The Morgan fingerprint density at radius 3 is 1.20 bits per heavy atom. The average Bonchev–Trinajstić information content (AvgIpc) is 0.918. The molecule has 5 radical (unpaired) electrons. The Morgan fingerprint density at radius 1 is 1.20 bits per heavy atom. The molecule has 0 rings (SSSR count). The first-order chi connectivity index (χ1) is 1.41. The second-order valence-electron chi connectivity index (χ2n) is 0.0583. The Hall–Kier alpha value is 1.53. The van der Waals surface area contributed by atoms with Crippen molar-refractivity contribution in [1.29, 1.82) is 0 Å². The van der Waals surface area contributed by atoms with E-state index in [1.54, 1.807) is 0 Å². The van der Waals surface area contributed by atoms with Gasteiger partial charge in [-0.2, -0.15) is 3.84 Å². The molecule has 0 aliphatic heterocycles. The molecule has 0 heterocycles. The van der Waals surface area contributed by atoms with E-state index in [1.807, 2.05) is 0 Å². The predicted molar refractivity (Wildman–Crippen MR) is 27.1 cm³/mol. The van der Waals surface area contributed by atoms with E-state index in [0.717, 1.165) is 0 Å².